The van der Waals surface area contributed by atoms with E-state index in [1.54, 1.807) is 0 Å². The first kappa shape index (κ1) is 11.2. The monoisotopic (exact) mass is 245 g/mol. The van der Waals surface area contributed by atoms with Crippen LogP contribution in [0.2, 0.25) is 0 Å². The topological polar surface area (TPSA) is 60.2 Å². The molecule has 3 rings (SSSR count). The molecule has 1 aliphatic rings. The van der Waals surface area contributed by atoms with E-state index in [-0.39, 0.29) is 6.04 Å². The molecule has 0 saturated heterocycles. The molecule has 94 valence electrons. The fourth-order valence-corrected chi connectivity index (χ4v) is 2.11. The number of anilines is 1. The van der Waals surface area contributed by atoms with E-state index in [1.165, 1.54) is 5.56 Å². The van der Waals surface area contributed by atoms with Crippen molar-refractivity contribution in [2.45, 2.75) is 26.0 Å². The van der Waals surface area contributed by atoms with E-state index in [9.17, 15) is 0 Å². The van der Waals surface area contributed by atoms with Gasteiger partial charge in [-0.2, -0.15) is 4.98 Å². The molecule has 5 heteroatoms. The third-order valence-electron chi connectivity index (χ3n) is 2.99. The van der Waals surface area contributed by atoms with E-state index < -0.39 is 0 Å². The lowest BCUT2D eigenvalue weighted by Crippen LogP contribution is -2.06. The van der Waals surface area contributed by atoms with Crippen LogP contribution >= 0.6 is 0 Å². The maximum Gasteiger partial charge on any atom is 0.249 e. The molecule has 1 N–H and O–H groups in total. The number of para-hydroxylation sites is 1. The minimum atomic E-state index is 0.0743. The predicted octanol–water partition coefficient (Wildman–Crippen LogP) is 2.32. The third-order valence-corrected chi connectivity index (χ3v) is 2.99. The van der Waals surface area contributed by atoms with Crippen LogP contribution in [0.5, 0.6) is 0 Å². The summed E-state index contributed by atoms with van der Waals surface area (Å²) < 4.78 is 10.5. The molecule has 0 bridgehead atoms. The first-order valence-corrected chi connectivity index (χ1v) is 6.11. The normalized spacial score (nSPS) is 17.5. The number of hydrogen-bond acceptors (Lipinski definition) is 5. The van der Waals surface area contributed by atoms with Crippen molar-refractivity contribution >= 4 is 5.69 Å². The van der Waals surface area contributed by atoms with Crippen LogP contribution in [0.3, 0.4) is 0 Å². The highest BCUT2D eigenvalue weighted by molar-refractivity contribution is 5.56. The van der Waals surface area contributed by atoms with E-state index >= 15 is 0 Å². The zero-order valence-corrected chi connectivity index (χ0v) is 10.2. The molecule has 0 saturated carbocycles. The van der Waals surface area contributed by atoms with Crippen molar-refractivity contribution in [2.75, 3.05) is 11.9 Å². The fourth-order valence-electron chi connectivity index (χ4n) is 2.11. The quantitative estimate of drug-likeness (QED) is 0.895. The summed E-state index contributed by atoms with van der Waals surface area (Å²) in [4.78, 5) is 4.35. The number of nitrogens with zero attached hydrogens (tertiary/aromatic N) is 2. The van der Waals surface area contributed by atoms with Crippen LogP contribution in [0.25, 0.3) is 0 Å². The maximum atomic E-state index is 5.27. The van der Waals surface area contributed by atoms with Crippen molar-refractivity contribution in [3.8, 4) is 0 Å². The summed E-state index contributed by atoms with van der Waals surface area (Å²) in [5.74, 6) is 1.23. The van der Waals surface area contributed by atoms with Gasteiger partial charge in [0.25, 0.3) is 0 Å². The van der Waals surface area contributed by atoms with Gasteiger partial charge in [0, 0.05) is 18.7 Å². The summed E-state index contributed by atoms with van der Waals surface area (Å²) in [6.45, 7) is 2.99. The molecule has 1 aromatic carbocycles. The van der Waals surface area contributed by atoms with Gasteiger partial charge in [-0.1, -0.05) is 23.4 Å². The highest BCUT2D eigenvalue weighted by Gasteiger charge is 2.26. The van der Waals surface area contributed by atoms with Crippen molar-refractivity contribution in [1.82, 2.24) is 10.1 Å². The zero-order chi connectivity index (χ0) is 12.4. The van der Waals surface area contributed by atoms with E-state index in [4.69, 9.17) is 9.26 Å². The average molecular weight is 245 g/mol. The largest absolute Gasteiger partial charge is 0.374 e. The van der Waals surface area contributed by atoms with Crippen LogP contribution in [-0.2, 0) is 17.8 Å². The Morgan fingerprint density at radius 2 is 2.33 bits per heavy atom. The number of aromatic nitrogens is 2. The van der Waals surface area contributed by atoms with Gasteiger partial charge in [0.15, 0.2) is 5.82 Å². The van der Waals surface area contributed by atoms with Gasteiger partial charge < -0.3 is 14.6 Å². The van der Waals surface area contributed by atoms with E-state index in [1.807, 2.05) is 19.1 Å². The van der Waals surface area contributed by atoms with Gasteiger partial charge in [0.1, 0.15) is 12.6 Å². The molecule has 0 spiro atoms. The van der Waals surface area contributed by atoms with E-state index in [0.29, 0.717) is 24.9 Å². The number of fused-ring (bicyclic) bond motifs is 1. The smallest absolute Gasteiger partial charge is 0.249 e. The van der Waals surface area contributed by atoms with Crippen LogP contribution in [0.1, 0.15) is 30.2 Å². The molecule has 0 radical (unpaired) electrons. The van der Waals surface area contributed by atoms with Crippen molar-refractivity contribution in [3.05, 3.63) is 41.5 Å². The second kappa shape index (κ2) is 4.78. The number of nitrogens with one attached hydrogen (secondary N) is 1. The Morgan fingerprint density at radius 3 is 3.17 bits per heavy atom. The Kier molecular flexibility index (Phi) is 2.98. The SMILES string of the molecule is CCOCc1noc([C@@H]2Cc3ccccc3N2)n1. The average Bonchev–Trinajstić information content (AvgIpc) is 3.02. The predicted molar refractivity (Wildman–Crippen MR) is 66.1 cm³/mol. The molecule has 1 aromatic heterocycles. The summed E-state index contributed by atoms with van der Waals surface area (Å²) in [5.41, 5.74) is 2.43. The number of benzene rings is 1. The Hall–Kier alpha value is -1.88. The molecular formula is C13H15N3O2. The number of hydrogen-bond donors (Lipinski definition) is 1. The second-order valence-corrected chi connectivity index (χ2v) is 4.24. The van der Waals surface area contributed by atoms with Crippen LogP contribution in [-0.4, -0.2) is 16.7 Å². The fraction of sp³-hybridized carbons (Fsp3) is 0.385. The van der Waals surface area contributed by atoms with Gasteiger partial charge in [0.05, 0.1) is 0 Å². The van der Waals surface area contributed by atoms with Crippen molar-refractivity contribution in [1.29, 1.82) is 0 Å². The highest BCUT2D eigenvalue weighted by atomic mass is 16.5. The van der Waals surface area contributed by atoms with Crippen LogP contribution in [0.15, 0.2) is 28.8 Å². The summed E-state index contributed by atoms with van der Waals surface area (Å²) in [5, 5.41) is 7.29. The van der Waals surface area contributed by atoms with Gasteiger partial charge in [0.2, 0.25) is 5.89 Å². The lowest BCUT2D eigenvalue weighted by Gasteiger charge is -2.04. The summed E-state index contributed by atoms with van der Waals surface area (Å²) >= 11 is 0. The molecule has 0 unspecified atom stereocenters. The molecule has 2 heterocycles. The molecule has 18 heavy (non-hydrogen) atoms. The molecular weight excluding hydrogens is 230 g/mol. The molecule has 5 nitrogen and oxygen atoms in total. The minimum absolute atomic E-state index is 0.0743. The molecule has 0 amide bonds. The van der Waals surface area contributed by atoms with Gasteiger partial charge in [-0.3, -0.25) is 0 Å². The minimum Gasteiger partial charge on any atom is -0.374 e. The molecule has 1 aliphatic heterocycles. The van der Waals surface area contributed by atoms with Crippen molar-refractivity contribution < 1.29 is 9.26 Å². The van der Waals surface area contributed by atoms with Crippen LogP contribution in [0, 0.1) is 0 Å². The molecule has 0 fully saturated rings. The summed E-state index contributed by atoms with van der Waals surface area (Å²) in [6, 6.07) is 8.30. The summed E-state index contributed by atoms with van der Waals surface area (Å²) in [6.07, 6.45) is 0.881. The Labute approximate surface area is 105 Å². The van der Waals surface area contributed by atoms with Crippen molar-refractivity contribution in [2.24, 2.45) is 0 Å². The molecule has 1 atom stereocenters. The van der Waals surface area contributed by atoms with Gasteiger partial charge in [-0.25, -0.2) is 0 Å². The van der Waals surface area contributed by atoms with Gasteiger partial charge in [-0.15, -0.1) is 0 Å². The Morgan fingerprint density at radius 1 is 1.44 bits per heavy atom. The van der Waals surface area contributed by atoms with Crippen molar-refractivity contribution in [3.63, 3.8) is 0 Å². The van der Waals surface area contributed by atoms with Gasteiger partial charge in [-0.05, 0) is 18.6 Å². The third kappa shape index (κ3) is 2.09. The second-order valence-electron chi connectivity index (χ2n) is 4.24. The first-order chi connectivity index (χ1) is 8.86. The summed E-state index contributed by atoms with van der Waals surface area (Å²) in [7, 11) is 0. The van der Waals surface area contributed by atoms with Crippen LogP contribution < -0.4 is 5.32 Å². The van der Waals surface area contributed by atoms with E-state index in [2.05, 4.69) is 27.6 Å². The zero-order valence-electron chi connectivity index (χ0n) is 10.2. The molecule has 0 aliphatic carbocycles. The standard InChI is InChI=1S/C13H15N3O2/c1-2-17-8-12-15-13(18-16-12)11-7-9-5-3-4-6-10(9)14-11/h3-6,11,14H,2,7-8H2,1H3/t11-/m0/s1. The lowest BCUT2D eigenvalue weighted by atomic mass is 10.1. The van der Waals surface area contributed by atoms with Crippen LogP contribution in [0.4, 0.5) is 5.69 Å². The lowest BCUT2D eigenvalue weighted by molar-refractivity contribution is 0.126. The Balaban J connectivity index is 1.72. The number of rotatable bonds is 4. The van der Waals surface area contributed by atoms with E-state index in [0.717, 1.165) is 12.1 Å². The molecule has 2 aromatic rings. The first-order valence-electron chi connectivity index (χ1n) is 6.11. The Bertz CT molecular complexity index is 514. The maximum absolute atomic E-state index is 5.27. The number of ether oxygens (including phenoxy) is 1. The highest BCUT2D eigenvalue weighted by Crippen LogP contribution is 2.32. The van der Waals surface area contributed by atoms with Gasteiger partial charge >= 0.3 is 0 Å².